The lowest BCUT2D eigenvalue weighted by molar-refractivity contribution is 0.0684. The molecule has 3 aromatic carbocycles. The summed E-state index contributed by atoms with van der Waals surface area (Å²) in [6, 6.07) is 21.9. The number of carbonyl (C=O) groups is 1. The Bertz CT molecular complexity index is 1300. The second-order valence-corrected chi connectivity index (χ2v) is 9.10. The van der Waals surface area contributed by atoms with Crippen LogP contribution in [0.4, 0.5) is 0 Å². The zero-order valence-corrected chi connectivity index (χ0v) is 21.0. The molecule has 0 aliphatic rings. The lowest BCUT2D eigenvalue weighted by atomic mass is 10.1. The normalized spacial score (nSPS) is 11.1. The van der Waals surface area contributed by atoms with E-state index in [0.29, 0.717) is 24.5 Å². The lowest BCUT2D eigenvalue weighted by Gasteiger charge is -2.11. The highest BCUT2D eigenvalue weighted by Gasteiger charge is 2.23. The molecule has 0 aliphatic carbocycles. The zero-order chi connectivity index (χ0) is 24.8. The van der Waals surface area contributed by atoms with Crippen LogP contribution in [0.25, 0.3) is 10.9 Å². The highest BCUT2D eigenvalue weighted by molar-refractivity contribution is 7.98. The highest BCUT2D eigenvalue weighted by atomic mass is 32.2. The molecular formula is C28H30N2O4S. The SMILES string of the molecule is COc1ccc(Cn2c(C(=O)O)c(CNCCc3ccc(SC)cc3)c3ccc(OC)cc32)cc1. The predicted molar refractivity (Wildman–Crippen MR) is 141 cm³/mol. The third kappa shape index (κ3) is 5.63. The fraction of sp³-hybridized carbons (Fsp3) is 0.250. The number of methoxy groups -OCH3 is 2. The van der Waals surface area contributed by atoms with E-state index in [1.165, 1.54) is 10.5 Å². The molecule has 0 bridgehead atoms. The molecule has 0 radical (unpaired) electrons. The van der Waals surface area contributed by atoms with Crippen molar-refractivity contribution in [1.29, 1.82) is 0 Å². The van der Waals surface area contributed by atoms with Gasteiger partial charge in [-0.1, -0.05) is 24.3 Å². The minimum atomic E-state index is -0.946. The summed E-state index contributed by atoms with van der Waals surface area (Å²) in [5, 5.41) is 14.6. The Kier molecular flexibility index (Phi) is 8.00. The number of hydrogen-bond donors (Lipinski definition) is 2. The van der Waals surface area contributed by atoms with Crippen LogP contribution in [0.3, 0.4) is 0 Å². The van der Waals surface area contributed by atoms with E-state index in [1.807, 2.05) is 47.0 Å². The average molecular weight is 491 g/mol. The Morgan fingerprint density at radius 3 is 2.23 bits per heavy atom. The van der Waals surface area contributed by atoms with Crippen LogP contribution in [0.2, 0.25) is 0 Å². The summed E-state index contributed by atoms with van der Waals surface area (Å²) in [6.45, 7) is 1.64. The molecule has 1 aromatic heterocycles. The van der Waals surface area contributed by atoms with E-state index in [9.17, 15) is 9.90 Å². The van der Waals surface area contributed by atoms with E-state index in [0.717, 1.165) is 40.7 Å². The topological polar surface area (TPSA) is 72.7 Å². The van der Waals surface area contributed by atoms with Crippen molar-refractivity contribution in [3.05, 3.63) is 89.1 Å². The smallest absolute Gasteiger partial charge is 0.352 e. The number of carboxylic acid groups (broad SMARTS) is 1. The first kappa shape index (κ1) is 24.7. The van der Waals surface area contributed by atoms with E-state index < -0.39 is 5.97 Å². The van der Waals surface area contributed by atoms with Crippen LogP contribution in [0.1, 0.15) is 27.2 Å². The maximum atomic E-state index is 12.5. The Labute approximate surface area is 209 Å². The number of nitrogens with one attached hydrogen (secondary N) is 1. The van der Waals surface area contributed by atoms with Crippen LogP contribution in [0.5, 0.6) is 11.5 Å². The Balaban J connectivity index is 1.62. The van der Waals surface area contributed by atoms with Gasteiger partial charge in [-0.25, -0.2) is 4.79 Å². The number of rotatable bonds is 11. The zero-order valence-electron chi connectivity index (χ0n) is 20.2. The Morgan fingerprint density at radius 1 is 0.943 bits per heavy atom. The van der Waals surface area contributed by atoms with E-state index in [4.69, 9.17) is 9.47 Å². The van der Waals surface area contributed by atoms with Crippen LogP contribution >= 0.6 is 11.8 Å². The van der Waals surface area contributed by atoms with Gasteiger partial charge in [0.15, 0.2) is 0 Å². The molecule has 4 rings (SSSR count). The first-order chi connectivity index (χ1) is 17.0. The van der Waals surface area contributed by atoms with Gasteiger partial charge in [0, 0.05) is 35.0 Å². The lowest BCUT2D eigenvalue weighted by Crippen LogP contribution is -2.19. The summed E-state index contributed by atoms with van der Waals surface area (Å²) < 4.78 is 12.6. The van der Waals surface area contributed by atoms with Crippen LogP contribution in [-0.4, -0.2) is 42.7 Å². The van der Waals surface area contributed by atoms with Crippen molar-refractivity contribution in [2.75, 3.05) is 27.0 Å². The molecule has 0 spiro atoms. The molecule has 0 saturated heterocycles. The third-order valence-corrected chi connectivity index (χ3v) is 6.87. The molecule has 6 nitrogen and oxygen atoms in total. The summed E-state index contributed by atoms with van der Waals surface area (Å²) in [5.41, 5.74) is 4.14. The van der Waals surface area contributed by atoms with Gasteiger partial charge in [-0.15, -0.1) is 11.8 Å². The van der Waals surface area contributed by atoms with Gasteiger partial charge in [0.2, 0.25) is 0 Å². The van der Waals surface area contributed by atoms with Gasteiger partial charge in [-0.3, -0.25) is 0 Å². The summed E-state index contributed by atoms with van der Waals surface area (Å²) >= 11 is 1.73. The number of aromatic carboxylic acids is 1. The number of fused-ring (bicyclic) bond motifs is 1. The molecule has 2 N–H and O–H groups in total. The average Bonchev–Trinajstić information content (AvgIpc) is 3.19. The van der Waals surface area contributed by atoms with Gasteiger partial charge in [0.05, 0.1) is 19.7 Å². The molecule has 0 amide bonds. The number of thioether (sulfide) groups is 1. The van der Waals surface area contributed by atoms with Crippen LogP contribution in [-0.2, 0) is 19.5 Å². The van der Waals surface area contributed by atoms with Crippen LogP contribution in [0.15, 0.2) is 71.6 Å². The monoisotopic (exact) mass is 490 g/mol. The fourth-order valence-corrected chi connectivity index (χ4v) is 4.68. The molecule has 0 unspecified atom stereocenters. The van der Waals surface area contributed by atoms with E-state index in [1.54, 1.807) is 26.0 Å². The minimum absolute atomic E-state index is 0.292. The van der Waals surface area contributed by atoms with Crippen molar-refractivity contribution in [2.24, 2.45) is 0 Å². The molecule has 0 fully saturated rings. The van der Waals surface area contributed by atoms with Crippen molar-refractivity contribution in [2.45, 2.75) is 24.4 Å². The van der Waals surface area contributed by atoms with Crippen molar-refractivity contribution in [1.82, 2.24) is 9.88 Å². The molecule has 0 aliphatic heterocycles. The van der Waals surface area contributed by atoms with Gasteiger partial charge < -0.3 is 24.5 Å². The summed E-state index contributed by atoms with van der Waals surface area (Å²) in [4.78, 5) is 13.7. The van der Waals surface area contributed by atoms with E-state index in [2.05, 4.69) is 35.8 Å². The number of carboxylic acids is 1. The molecule has 0 saturated carbocycles. The second kappa shape index (κ2) is 11.3. The Morgan fingerprint density at radius 2 is 1.60 bits per heavy atom. The van der Waals surface area contributed by atoms with Crippen molar-refractivity contribution < 1.29 is 19.4 Å². The number of benzene rings is 3. The summed E-state index contributed by atoms with van der Waals surface area (Å²) in [6.07, 6.45) is 2.94. The molecule has 35 heavy (non-hydrogen) atoms. The maximum Gasteiger partial charge on any atom is 0.352 e. The van der Waals surface area contributed by atoms with Gasteiger partial charge in [0.1, 0.15) is 17.2 Å². The largest absolute Gasteiger partial charge is 0.497 e. The van der Waals surface area contributed by atoms with Crippen LogP contribution < -0.4 is 14.8 Å². The molecule has 4 aromatic rings. The minimum Gasteiger partial charge on any atom is -0.497 e. The molecule has 7 heteroatoms. The fourth-order valence-electron chi connectivity index (χ4n) is 4.27. The molecule has 0 atom stereocenters. The molecule has 1 heterocycles. The van der Waals surface area contributed by atoms with Crippen LogP contribution in [0, 0.1) is 0 Å². The maximum absolute atomic E-state index is 12.5. The van der Waals surface area contributed by atoms with Gasteiger partial charge in [0.25, 0.3) is 0 Å². The van der Waals surface area contributed by atoms with Crippen molar-refractivity contribution in [3.63, 3.8) is 0 Å². The first-order valence-corrected chi connectivity index (χ1v) is 12.7. The van der Waals surface area contributed by atoms with Crippen molar-refractivity contribution >= 4 is 28.6 Å². The van der Waals surface area contributed by atoms with Gasteiger partial charge >= 0.3 is 5.97 Å². The third-order valence-electron chi connectivity index (χ3n) is 6.13. The van der Waals surface area contributed by atoms with E-state index >= 15 is 0 Å². The predicted octanol–water partition coefficient (Wildman–Crippen LogP) is 5.46. The van der Waals surface area contributed by atoms with Gasteiger partial charge in [-0.05, 0) is 66.7 Å². The van der Waals surface area contributed by atoms with E-state index in [-0.39, 0.29) is 0 Å². The quantitative estimate of drug-likeness (QED) is 0.215. The standard InChI is InChI=1S/C28H30N2O4S/c1-33-21-8-4-20(5-9-21)18-30-26-16-22(34-2)10-13-24(26)25(27(30)28(31)32)17-29-15-14-19-6-11-23(35-3)12-7-19/h4-13,16,29H,14-15,17-18H2,1-3H3,(H,31,32). The Hall–Kier alpha value is -3.42. The van der Waals surface area contributed by atoms with Gasteiger partial charge in [-0.2, -0.15) is 0 Å². The molecule has 182 valence electrons. The highest BCUT2D eigenvalue weighted by Crippen LogP contribution is 2.31. The second-order valence-electron chi connectivity index (χ2n) is 8.22. The number of aromatic nitrogens is 1. The molecular weight excluding hydrogens is 460 g/mol. The number of hydrogen-bond acceptors (Lipinski definition) is 5. The summed E-state index contributed by atoms with van der Waals surface area (Å²) in [5.74, 6) is 0.508. The number of nitrogens with zero attached hydrogens (tertiary/aromatic N) is 1. The summed E-state index contributed by atoms with van der Waals surface area (Å²) in [7, 11) is 3.24. The number of ether oxygens (including phenoxy) is 2. The van der Waals surface area contributed by atoms with Crippen molar-refractivity contribution in [3.8, 4) is 11.5 Å². The first-order valence-electron chi connectivity index (χ1n) is 11.4.